The minimum Gasteiger partial charge on any atom is -0.354 e. The molecule has 154 valence electrons. The lowest BCUT2D eigenvalue weighted by Crippen LogP contribution is -2.42. The van der Waals surface area contributed by atoms with Crippen LogP contribution in [0.2, 0.25) is 0 Å². The highest BCUT2D eigenvalue weighted by Gasteiger charge is 2.16. The molecule has 2 aliphatic rings. The molecule has 1 saturated carbocycles. The van der Waals surface area contributed by atoms with Crippen molar-refractivity contribution in [1.82, 2.24) is 25.4 Å². The summed E-state index contributed by atoms with van der Waals surface area (Å²) >= 11 is 0. The van der Waals surface area contributed by atoms with Crippen LogP contribution in [0.25, 0.3) is 0 Å². The predicted molar refractivity (Wildman–Crippen MR) is 122 cm³/mol. The maximum atomic E-state index is 4.39. The molecule has 1 fully saturated rings. The number of aryl methyl sites for hydroxylation is 1. The fourth-order valence-electron chi connectivity index (χ4n) is 4.30. The van der Waals surface area contributed by atoms with Gasteiger partial charge in [0.15, 0.2) is 11.8 Å². The Morgan fingerprint density at radius 2 is 1.93 bits per heavy atom. The Morgan fingerprint density at radius 3 is 2.70 bits per heavy atom. The Bertz CT molecular complexity index is 579. The van der Waals surface area contributed by atoms with Gasteiger partial charge in [-0.25, -0.2) is 0 Å². The molecule has 1 atom stereocenters. The highest BCUT2D eigenvalue weighted by Crippen LogP contribution is 2.27. The Labute approximate surface area is 181 Å². The van der Waals surface area contributed by atoms with Crippen LogP contribution >= 0.6 is 24.0 Å². The van der Waals surface area contributed by atoms with Crippen molar-refractivity contribution in [3.63, 3.8) is 0 Å². The van der Waals surface area contributed by atoms with Gasteiger partial charge in [0.25, 0.3) is 0 Å². The summed E-state index contributed by atoms with van der Waals surface area (Å²) in [6.45, 7) is 3.99. The molecular formula is C20H37IN6. The SMILES string of the molecule is CN=C(NCc1nnc2n1CCCCC2)NC(C)CCC1CCCCC1.I. The number of fused-ring (bicyclic) bond motifs is 1. The lowest BCUT2D eigenvalue weighted by molar-refractivity contribution is 0.322. The molecule has 0 radical (unpaired) electrons. The Balaban J connectivity index is 0.00000261. The van der Waals surface area contributed by atoms with Gasteiger partial charge in [0.05, 0.1) is 6.54 Å². The van der Waals surface area contributed by atoms with Crippen LogP contribution in [-0.4, -0.2) is 33.8 Å². The minimum absolute atomic E-state index is 0. The van der Waals surface area contributed by atoms with Gasteiger partial charge in [-0.1, -0.05) is 38.5 Å². The van der Waals surface area contributed by atoms with E-state index in [4.69, 9.17) is 0 Å². The first-order chi connectivity index (χ1) is 12.8. The number of aromatic nitrogens is 3. The van der Waals surface area contributed by atoms with E-state index >= 15 is 0 Å². The van der Waals surface area contributed by atoms with Crippen LogP contribution in [0.3, 0.4) is 0 Å². The standard InChI is InChI=1S/C20H36N6.HI/c1-16(12-13-17-9-5-3-6-10-17)23-20(21-2)22-15-19-25-24-18-11-7-4-8-14-26(18)19;/h16-17H,3-15H2,1-2H3,(H2,21,22,23);1H. The summed E-state index contributed by atoms with van der Waals surface area (Å²) in [7, 11) is 1.84. The zero-order chi connectivity index (χ0) is 18.2. The molecule has 1 aromatic rings. The van der Waals surface area contributed by atoms with E-state index in [0.29, 0.717) is 12.6 Å². The van der Waals surface area contributed by atoms with E-state index < -0.39 is 0 Å². The number of nitrogens with one attached hydrogen (secondary N) is 2. The number of hydrogen-bond donors (Lipinski definition) is 2. The summed E-state index contributed by atoms with van der Waals surface area (Å²) in [5.41, 5.74) is 0. The van der Waals surface area contributed by atoms with Gasteiger partial charge < -0.3 is 15.2 Å². The van der Waals surface area contributed by atoms with Crippen molar-refractivity contribution < 1.29 is 0 Å². The number of guanidine groups is 1. The number of hydrogen-bond acceptors (Lipinski definition) is 3. The van der Waals surface area contributed by atoms with E-state index in [-0.39, 0.29) is 24.0 Å². The first kappa shape index (κ1) is 22.4. The quantitative estimate of drug-likeness (QED) is 0.361. The van der Waals surface area contributed by atoms with Crippen LogP contribution in [0.4, 0.5) is 0 Å². The van der Waals surface area contributed by atoms with E-state index in [1.165, 1.54) is 64.2 Å². The molecule has 0 aromatic carbocycles. The normalized spacial score (nSPS) is 19.6. The minimum atomic E-state index is 0. The topological polar surface area (TPSA) is 67.1 Å². The number of aliphatic imine (C=N–C) groups is 1. The van der Waals surface area contributed by atoms with Gasteiger partial charge in [-0.2, -0.15) is 0 Å². The van der Waals surface area contributed by atoms with Crippen LogP contribution in [-0.2, 0) is 19.5 Å². The molecule has 0 saturated heterocycles. The smallest absolute Gasteiger partial charge is 0.191 e. The zero-order valence-electron chi connectivity index (χ0n) is 17.0. The van der Waals surface area contributed by atoms with Crippen molar-refractivity contribution in [2.45, 2.75) is 96.7 Å². The average Bonchev–Trinajstić information content (AvgIpc) is 2.90. The van der Waals surface area contributed by atoms with Crippen LogP contribution < -0.4 is 10.6 Å². The highest BCUT2D eigenvalue weighted by molar-refractivity contribution is 14.0. The Hall–Kier alpha value is -0.860. The third kappa shape index (κ3) is 6.91. The predicted octanol–water partition coefficient (Wildman–Crippen LogP) is 4.04. The van der Waals surface area contributed by atoms with Crippen LogP contribution in [0, 0.1) is 5.92 Å². The maximum Gasteiger partial charge on any atom is 0.191 e. The molecule has 2 N–H and O–H groups in total. The van der Waals surface area contributed by atoms with Gasteiger partial charge in [0.2, 0.25) is 0 Å². The summed E-state index contributed by atoms with van der Waals surface area (Å²) in [5, 5.41) is 15.7. The van der Waals surface area contributed by atoms with Crippen molar-refractivity contribution in [1.29, 1.82) is 0 Å². The largest absolute Gasteiger partial charge is 0.354 e. The molecule has 3 rings (SSSR count). The summed E-state index contributed by atoms with van der Waals surface area (Å²) in [5.74, 6) is 3.98. The third-order valence-electron chi connectivity index (χ3n) is 5.94. The van der Waals surface area contributed by atoms with Crippen molar-refractivity contribution >= 4 is 29.9 Å². The van der Waals surface area contributed by atoms with Gasteiger partial charge in [-0.3, -0.25) is 4.99 Å². The monoisotopic (exact) mass is 488 g/mol. The fourth-order valence-corrected chi connectivity index (χ4v) is 4.30. The zero-order valence-corrected chi connectivity index (χ0v) is 19.4. The van der Waals surface area contributed by atoms with Crippen molar-refractivity contribution in [2.75, 3.05) is 7.05 Å². The van der Waals surface area contributed by atoms with Gasteiger partial charge >= 0.3 is 0 Å². The van der Waals surface area contributed by atoms with E-state index in [1.807, 2.05) is 7.05 Å². The molecule has 0 bridgehead atoms. The second-order valence-electron chi connectivity index (χ2n) is 8.05. The van der Waals surface area contributed by atoms with Crippen molar-refractivity contribution in [3.05, 3.63) is 11.6 Å². The second kappa shape index (κ2) is 11.9. The summed E-state index contributed by atoms with van der Waals surface area (Å²) < 4.78 is 2.29. The van der Waals surface area contributed by atoms with Crippen LogP contribution in [0.1, 0.15) is 82.8 Å². The van der Waals surface area contributed by atoms with Gasteiger partial charge in [-0.15, -0.1) is 34.2 Å². The van der Waals surface area contributed by atoms with Gasteiger partial charge in [0, 0.05) is 26.1 Å². The Morgan fingerprint density at radius 1 is 1.15 bits per heavy atom. The molecule has 6 nitrogen and oxygen atoms in total. The first-order valence-electron chi connectivity index (χ1n) is 10.6. The molecule has 2 heterocycles. The molecule has 1 unspecified atom stereocenters. The van der Waals surface area contributed by atoms with Crippen LogP contribution in [0.15, 0.2) is 4.99 Å². The molecule has 1 aliphatic heterocycles. The van der Waals surface area contributed by atoms with Gasteiger partial charge in [0.1, 0.15) is 5.82 Å². The number of nitrogens with zero attached hydrogens (tertiary/aromatic N) is 4. The Kier molecular flexibility index (Phi) is 9.86. The average molecular weight is 488 g/mol. The second-order valence-corrected chi connectivity index (χ2v) is 8.05. The molecule has 27 heavy (non-hydrogen) atoms. The molecule has 1 aromatic heterocycles. The lowest BCUT2D eigenvalue weighted by Gasteiger charge is -2.24. The van der Waals surface area contributed by atoms with Crippen molar-refractivity contribution in [3.8, 4) is 0 Å². The number of rotatable bonds is 6. The molecular weight excluding hydrogens is 451 g/mol. The van der Waals surface area contributed by atoms with Gasteiger partial charge in [-0.05, 0) is 38.5 Å². The highest BCUT2D eigenvalue weighted by atomic mass is 127. The van der Waals surface area contributed by atoms with E-state index in [0.717, 1.165) is 36.5 Å². The molecule has 0 amide bonds. The van der Waals surface area contributed by atoms with Crippen molar-refractivity contribution in [2.24, 2.45) is 10.9 Å². The maximum absolute atomic E-state index is 4.39. The summed E-state index contributed by atoms with van der Waals surface area (Å²) in [6.07, 6.45) is 14.5. The van der Waals surface area contributed by atoms with Crippen LogP contribution in [0.5, 0.6) is 0 Å². The molecule has 0 spiro atoms. The van der Waals surface area contributed by atoms with E-state index in [2.05, 4.69) is 37.3 Å². The summed E-state index contributed by atoms with van der Waals surface area (Å²) in [4.78, 5) is 4.39. The fraction of sp³-hybridized carbons (Fsp3) is 0.850. The van der Waals surface area contributed by atoms with E-state index in [1.54, 1.807) is 0 Å². The molecule has 7 heteroatoms. The molecule has 1 aliphatic carbocycles. The summed E-state index contributed by atoms with van der Waals surface area (Å²) in [6, 6.07) is 0.443. The third-order valence-corrected chi connectivity index (χ3v) is 5.94. The number of halogens is 1. The first-order valence-corrected chi connectivity index (χ1v) is 10.6. The lowest BCUT2D eigenvalue weighted by atomic mass is 9.85. The van der Waals surface area contributed by atoms with E-state index in [9.17, 15) is 0 Å².